The van der Waals surface area contributed by atoms with E-state index in [-0.39, 0.29) is 23.6 Å². The SMILES string of the molecule is CCN(CC(F)(F)F)c1cnccc1C(=N)N. The lowest BCUT2D eigenvalue weighted by atomic mass is 10.2. The first kappa shape index (κ1) is 13.3. The first-order chi connectivity index (χ1) is 7.85. The zero-order valence-corrected chi connectivity index (χ0v) is 9.25. The van der Waals surface area contributed by atoms with Crippen LogP contribution in [-0.4, -0.2) is 30.1 Å². The summed E-state index contributed by atoms with van der Waals surface area (Å²) < 4.78 is 37.1. The molecule has 0 aliphatic heterocycles. The van der Waals surface area contributed by atoms with Crippen LogP contribution in [-0.2, 0) is 0 Å². The molecule has 0 aliphatic rings. The third-order valence-corrected chi connectivity index (χ3v) is 2.18. The molecule has 94 valence electrons. The van der Waals surface area contributed by atoms with E-state index < -0.39 is 12.7 Å². The standard InChI is InChI=1S/C10H13F3N4/c1-2-17(6-10(11,12)13)8-5-16-4-3-7(8)9(14)15/h3-5H,2,6H2,1H3,(H3,14,15). The maximum Gasteiger partial charge on any atom is 0.405 e. The van der Waals surface area contributed by atoms with E-state index in [9.17, 15) is 13.2 Å². The predicted molar refractivity (Wildman–Crippen MR) is 59.2 cm³/mol. The first-order valence-corrected chi connectivity index (χ1v) is 4.95. The van der Waals surface area contributed by atoms with Crippen LogP contribution in [0.4, 0.5) is 18.9 Å². The molecule has 0 amide bonds. The second-order valence-electron chi connectivity index (χ2n) is 3.44. The van der Waals surface area contributed by atoms with Gasteiger partial charge in [-0.05, 0) is 13.0 Å². The Kier molecular flexibility index (Phi) is 3.93. The van der Waals surface area contributed by atoms with E-state index in [1.54, 1.807) is 6.92 Å². The van der Waals surface area contributed by atoms with Crippen molar-refractivity contribution >= 4 is 11.5 Å². The summed E-state index contributed by atoms with van der Waals surface area (Å²) in [6.07, 6.45) is -1.63. The number of aromatic nitrogens is 1. The normalized spacial score (nSPS) is 11.3. The van der Waals surface area contributed by atoms with Gasteiger partial charge < -0.3 is 10.6 Å². The van der Waals surface area contributed by atoms with Crippen molar-refractivity contribution in [1.82, 2.24) is 4.98 Å². The Balaban J connectivity index is 3.07. The van der Waals surface area contributed by atoms with E-state index in [1.807, 2.05) is 0 Å². The van der Waals surface area contributed by atoms with E-state index in [2.05, 4.69) is 4.98 Å². The Hall–Kier alpha value is -1.79. The summed E-state index contributed by atoms with van der Waals surface area (Å²) in [6, 6.07) is 1.43. The third-order valence-electron chi connectivity index (χ3n) is 2.18. The number of nitrogens with two attached hydrogens (primary N) is 1. The van der Waals surface area contributed by atoms with Crippen LogP contribution in [0.2, 0.25) is 0 Å². The zero-order chi connectivity index (χ0) is 13.1. The van der Waals surface area contributed by atoms with E-state index in [0.717, 1.165) is 4.90 Å². The number of anilines is 1. The fourth-order valence-corrected chi connectivity index (χ4v) is 1.45. The van der Waals surface area contributed by atoms with Crippen LogP contribution in [0.15, 0.2) is 18.5 Å². The molecule has 0 aromatic carbocycles. The van der Waals surface area contributed by atoms with Gasteiger partial charge in [-0.25, -0.2) is 0 Å². The minimum absolute atomic E-state index is 0.158. The number of nitrogen functional groups attached to an aromatic ring is 1. The summed E-state index contributed by atoms with van der Waals surface area (Å²) in [7, 11) is 0. The molecule has 0 radical (unpaired) electrons. The molecule has 7 heteroatoms. The Morgan fingerprint density at radius 2 is 2.18 bits per heavy atom. The third kappa shape index (κ3) is 3.61. The van der Waals surface area contributed by atoms with Crippen LogP contribution in [0.5, 0.6) is 0 Å². The Labute approximate surface area is 96.8 Å². The quantitative estimate of drug-likeness (QED) is 0.628. The molecule has 17 heavy (non-hydrogen) atoms. The smallest absolute Gasteiger partial charge is 0.384 e. The molecule has 0 unspecified atom stereocenters. The summed E-state index contributed by atoms with van der Waals surface area (Å²) in [5.74, 6) is -0.275. The first-order valence-electron chi connectivity index (χ1n) is 4.95. The molecular formula is C10H13F3N4. The van der Waals surface area contributed by atoms with Crippen molar-refractivity contribution in [3.05, 3.63) is 24.0 Å². The number of halogens is 3. The lowest BCUT2D eigenvalue weighted by Gasteiger charge is -2.25. The van der Waals surface area contributed by atoms with E-state index in [0.29, 0.717) is 0 Å². The molecule has 1 heterocycles. The highest BCUT2D eigenvalue weighted by atomic mass is 19.4. The van der Waals surface area contributed by atoms with Crippen LogP contribution >= 0.6 is 0 Å². The van der Waals surface area contributed by atoms with Crippen LogP contribution in [0.3, 0.4) is 0 Å². The number of hydrogen-bond donors (Lipinski definition) is 2. The van der Waals surface area contributed by atoms with Gasteiger partial charge in [0.1, 0.15) is 12.4 Å². The van der Waals surface area contributed by atoms with Crippen molar-refractivity contribution in [2.75, 3.05) is 18.0 Å². The van der Waals surface area contributed by atoms with Gasteiger partial charge in [0.05, 0.1) is 11.9 Å². The molecular weight excluding hydrogens is 233 g/mol. The molecule has 3 N–H and O–H groups in total. The maximum atomic E-state index is 12.4. The van der Waals surface area contributed by atoms with Crippen LogP contribution < -0.4 is 10.6 Å². The molecule has 0 fully saturated rings. The Morgan fingerprint density at radius 3 is 2.65 bits per heavy atom. The molecule has 0 saturated carbocycles. The topological polar surface area (TPSA) is 66.0 Å². The average molecular weight is 246 g/mol. The van der Waals surface area contributed by atoms with Gasteiger partial charge in [0.25, 0.3) is 0 Å². The van der Waals surface area contributed by atoms with Crippen molar-refractivity contribution in [2.24, 2.45) is 5.73 Å². The fourth-order valence-electron chi connectivity index (χ4n) is 1.45. The van der Waals surface area contributed by atoms with Gasteiger partial charge in [0.2, 0.25) is 0 Å². The van der Waals surface area contributed by atoms with Crippen molar-refractivity contribution < 1.29 is 13.2 Å². The van der Waals surface area contributed by atoms with Crippen LogP contribution in [0, 0.1) is 5.41 Å². The average Bonchev–Trinajstić information content (AvgIpc) is 2.24. The highest BCUT2D eigenvalue weighted by Gasteiger charge is 2.31. The summed E-state index contributed by atoms with van der Waals surface area (Å²) in [5, 5.41) is 7.32. The number of nitrogens with zero attached hydrogens (tertiary/aromatic N) is 2. The molecule has 4 nitrogen and oxygen atoms in total. The number of amidine groups is 1. The van der Waals surface area contributed by atoms with Crippen molar-refractivity contribution in [1.29, 1.82) is 5.41 Å². The molecule has 0 bridgehead atoms. The lowest BCUT2D eigenvalue weighted by molar-refractivity contribution is -0.119. The Morgan fingerprint density at radius 1 is 1.53 bits per heavy atom. The van der Waals surface area contributed by atoms with Crippen LogP contribution in [0.1, 0.15) is 12.5 Å². The van der Waals surface area contributed by atoms with Crippen molar-refractivity contribution in [3.63, 3.8) is 0 Å². The summed E-state index contributed by atoms with van der Waals surface area (Å²) >= 11 is 0. The monoisotopic (exact) mass is 246 g/mol. The predicted octanol–water partition coefficient (Wildman–Crippen LogP) is 1.75. The number of pyridine rings is 1. The molecule has 0 aliphatic carbocycles. The molecule has 1 aromatic heterocycles. The molecule has 0 atom stereocenters. The second kappa shape index (κ2) is 5.03. The van der Waals surface area contributed by atoms with Crippen molar-refractivity contribution in [3.8, 4) is 0 Å². The van der Waals surface area contributed by atoms with Crippen molar-refractivity contribution in [2.45, 2.75) is 13.1 Å². The minimum atomic E-state index is -4.31. The molecule has 1 rings (SSSR count). The van der Waals surface area contributed by atoms with Gasteiger partial charge in [-0.1, -0.05) is 0 Å². The summed E-state index contributed by atoms with van der Waals surface area (Å²) in [4.78, 5) is 4.85. The van der Waals surface area contributed by atoms with Gasteiger partial charge in [-0.3, -0.25) is 10.4 Å². The maximum absolute atomic E-state index is 12.4. The Bertz CT molecular complexity index is 403. The van der Waals surface area contributed by atoms with Gasteiger partial charge >= 0.3 is 6.18 Å². The minimum Gasteiger partial charge on any atom is -0.384 e. The largest absolute Gasteiger partial charge is 0.405 e. The zero-order valence-electron chi connectivity index (χ0n) is 9.25. The van der Waals surface area contributed by atoms with Crippen LogP contribution in [0.25, 0.3) is 0 Å². The number of rotatable bonds is 4. The van der Waals surface area contributed by atoms with E-state index in [4.69, 9.17) is 11.1 Å². The fraction of sp³-hybridized carbons (Fsp3) is 0.400. The summed E-state index contributed by atoms with van der Waals surface area (Å²) in [6.45, 7) is 0.670. The molecule has 0 saturated heterocycles. The number of hydrogen-bond acceptors (Lipinski definition) is 3. The van der Waals surface area contributed by atoms with E-state index in [1.165, 1.54) is 18.5 Å². The van der Waals surface area contributed by atoms with Gasteiger partial charge in [-0.2, -0.15) is 13.2 Å². The molecule has 1 aromatic rings. The van der Waals surface area contributed by atoms with Gasteiger partial charge in [0.15, 0.2) is 0 Å². The van der Waals surface area contributed by atoms with Gasteiger partial charge in [-0.15, -0.1) is 0 Å². The second-order valence-corrected chi connectivity index (χ2v) is 3.44. The summed E-state index contributed by atoms with van der Waals surface area (Å²) in [5.41, 5.74) is 5.80. The highest BCUT2D eigenvalue weighted by Crippen LogP contribution is 2.24. The lowest BCUT2D eigenvalue weighted by Crippen LogP contribution is -2.35. The highest BCUT2D eigenvalue weighted by molar-refractivity contribution is 6.00. The van der Waals surface area contributed by atoms with Gasteiger partial charge in [0, 0.05) is 18.3 Å². The number of alkyl halides is 3. The number of nitrogens with one attached hydrogen (secondary N) is 1. The molecule has 0 spiro atoms. The van der Waals surface area contributed by atoms with E-state index >= 15 is 0 Å².